The van der Waals surface area contributed by atoms with Gasteiger partial charge in [-0.1, -0.05) is 5.16 Å². The smallest absolute Gasteiger partial charge is 0.244 e. The molecule has 2 aromatic rings. The predicted octanol–water partition coefficient (Wildman–Crippen LogP) is 1.70. The Morgan fingerprint density at radius 1 is 1.47 bits per heavy atom. The summed E-state index contributed by atoms with van der Waals surface area (Å²) >= 11 is 5.61. The van der Waals surface area contributed by atoms with Gasteiger partial charge in [0.15, 0.2) is 0 Å². The van der Waals surface area contributed by atoms with E-state index >= 15 is 0 Å². The molecule has 2 aromatic heterocycles. The fourth-order valence-corrected chi connectivity index (χ4v) is 1.16. The van der Waals surface area contributed by atoms with Crippen molar-refractivity contribution in [2.45, 2.75) is 12.3 Å². The molecule has 2 heterocycles. The Morgan fingerprint density at radius 2 is 2.29 bits per heavy atom. The first-order valence-electron chi connectivity index (χ1n) is 4.85. The Morgan fingerprint density at radius 3 is 2.94 bits per heavy atom. The third-order valence-corrected chi connectivity index (χ3v) is 2.14. The van der Waals surface area contributed by atoms with Crippen LogP contribution < -0.4 is 5.32 Å². The summed E-state index contributed by atoms with van der Waals surface area (Å²) in [6.07, 6.45) is 4.65. The number of anilines is 1. The van der Waals surface area contributed by atoms with Crippen molar-refractivity contribution in [1.82, 2.24) is 15.1 Å². The fraction of sp³-hybridized carbons (Fsp3) is 0.200. The van der Waals surface area contributed by atoms with Crippen LogP contribution in [-0.4, -0.2) is 26.4 Å². The Labute approximate surface area is 102 Å². The van der Waals surface area contributed by atoms with Gasteiger partial charge in [-0.2, -0.15) is 0 Å². The molecule has 0 aliphatic heterocycles. The monoisotopic (exact) mass is 252 g/mol. The van der Waals surface area contributed by atoms with Crippen molar-refractivity contribution in [2.75, 3.05) is 5.32 Å². The first-order valence-corrected chi connectivity index (χ1v) is 5.28. The normalized spacial score (nSPS) is 12.1. The molecular formula is C10H9ClN4O2. The van der Waals surface area contributed by atoms with Crippen molar-refractivity contribution in [2.24, 2.45) is 0 Å². The number of carbonyl (C=O) groups is 1. The number of hydrogen-bond donors (Lipinski definition) is 1. The molecule has 1 atom stereocenters. The molecule has 0 aromatic carbocycles. The molecule has 2 rings (SSSR count). The molecule has 1 N–H and O–H groups in total. The summed E-state index contributed by atoms with van der Waals surface area (Å²) in [4.78, 5) is 19.3. The van der Waals surface area contributed by atoms with Crippen LogP contribution in [0.25, 0.3) is 11.4 Å². The number of nitrogens with zero attached hydrogens (tertiary/aromatic N) is 3. The summed E-state index contributed by atoms with van der Waals surface area (Å²) in [6.45, 7) is 1.57. The van der Waals surface area contributed by atoms with E-state index in [1.165, 1.54) is 0 Å². The lowest BCUT2D eigenvalue weighted by Gasteiger charge is -2.00. The van der Waals surface area contributed by atoms with E-state index in [1.54, 1.807) is 31.6 Å². The highest BCUT2D eigenvalue weighted by molar-refractivity contribution is 6.32. The summed E-state index contributed by atoms with van der Waals surface area (Å²) in [5, 5.41) is 5.61. The zero-order valence-corrected chi connectivity index (χ0v) is 9.68. The summed E-state index contributed by atoms with van der Waals surface area (Å²) in [7, 11) is 0. The van der Waals surface area contributed by atoms with Crippen LogP contribution in [0.3, 0.4) is 0 Å². The van der Waals surface area contributed by atoms with Gasteiger partial charge in [0.25, 0.3) is 0 Å². The van der Waals surface area contributed by atoms with Crippen LogP contribution in [-0.2, 0) is 4.79 Å². The third kappa shape index (κ3) is 2.79. The molecule has 0 spiro atoms. The minimum Gasteiger partial charge on any atom is -0.338 e. The molecule has 0 aliphatic rings. The van der Waals surface area contributed by atoms with Crippen molar-refractivity contribution in [1.29, 1.82) is 0 Å². The van der Waals surface area contributed by atoms with Gasteiger partial charge in [-0.05, 0) is 6.92 Å². The first kappa shape index (κ1) is 11.5. The standard InChI is InChI=1S/C10H9ClN4O2/c1-6(11)10(16)14-9-4-7(15-17-9)8-5-12-2-3-13-8/h2-6H,1H3,(H,14,16). The minimum atomic E-state index is -0.639. The third-order valence-electron chi connectivity index (χ3n) is 1.94. The summed E-state index contributed by atoms with van der Waals surface area (Å²) in [6, 6.07) is 1.56. The maximum atomic E-state index is 11.3. The molecule has 88 valence electrons. The number of hydrogen-bond acceptors (Lipinski definition) is 5. The van der Waals surface area contributed by atoms with E-state index in [4.69, 9.17) is 16.1 Å². The molecule has 0 bridgehead atoms. The Bertz CT molecular complexity index is 512. The second-order valence-corrected chi connectivity index (χ2v) is 3.93. The van der Waals surface area contributed by atoms with Crippen LogP contribution in [0.1, 0.15) is 6.92 Å². The second-order valence-electron chi connectivity index (χ2n) is 3.27. The highest BCUT2D eigenvalue weighted by Gasteiger charge is 2.13. The Kier molecular flexibility index (Phi) is 3.34. The van der Waals surface area contributed by atoms with Gasteiger partial charge in [0.05, 0.1) is 6.20 Å². The van der Waals surface area contributed by atoms with Crippen LogP contribution in [0, 0.1) is 0 Å². The topological polar surface area (TPSA) is 80.9 Å². The van der Waals surface area contributed by atoms with Gasteiger partial charge in [-0.15, -0.1) is 11.6 Å². The lowest BCUT2D eigenvalue weighted by Crippen LogP contribution is -2.19. The van der Waals surface area contributed by atoms with E-state index in [1.807, 2.05) is 0 Å². The number of carbonyl (C=O) groups excluding carboxylic acids is 1. The second kappa shape index (κ2) is 4.92. The highest BCUT2D eigenvalue weighted by atomic mass is 35.5. The lowest BCUT2D eigenvalue weighted by molar-refractivity contribution is -0.115. The molecule has 0 fully saturated rings. The molecule has 7 heteroatoms. The van der Waals surface area contributed by atoms with E-state index in [9.17, 15) is 4.79 Å². The Balaban J connectivity index is 2.14. The van der Waals surface area contributed by atoms with Crippen molar-refractivity contribution >= 4 is 23.4 Å². The van der Waals surface area contributed by atoms with Gasteiger partial charge in [-0.3, -0.25) is 20.1 Å². The largest absolute Gasteiger partial charge is 0.338 e. The van der Waals surface area contributed by atoms with Crippen molar-refractivity contribution in [3.05, 3.63) is 24.7 Å². The first-order chi connectivity index (χ1) is 8.16. The maximum Gasteiger partial charge on any atom is 0.244 e. The molecule has 1 amide bonds. The van der Waals surface area contributed by atoms with E-state index in [2.05, 4.69) is 20.4 Å². The number of nitrogens with one attached hydrogen (secondary N) is 1. The predicted molar refractivity (Wildman–Crippen MR) is 61.5 cm³/mol. The van der Waals surface area contributed by atoms with Crippen molar-refractivity contribution in [3.8, 4) is 11.4 Å². The summed E-state index contributed by atoms with van der Waals surface area (Å²) in [5.41, 5.74) is 1.06. The van der Waals surface area contributed by atoms with Crippen LogP contribution in [0.2, 0.25) is 0 Å². The number of halogens is 1. The SMILES string of the molecule is CC(Cl)C(=O)Nc1cc(-c2cnccn2)no1. The fourth-order valence-electron chi connectivity index (χ4n) is 1.11. The molecule has 6 nitrogen and oxygen atoms in total. The highest BCUT2D eigenvalue weighted by Crippen LogP contribution is 2.18. The van der Waals surface area contributed by atoms with E-state index < -0.39 is 5.38 Å². The van der Waals surface area contributed by atoms with Crippen molar-refractivity contribution < 1.29 is 9.32 Å². The number of aromatic nitrogens is 3. The van der Waals surface area contributed by atoms with Gasteiger partial charge in [0.2, 0.25) is 11.8 Å². The average Bonchev–Trinajstić information content (AvgIpc) is 2.78. The average molecular weight is 253 g/mol. The maximum absolute atomic E-state index is 11.3. The van der Waals surface area contributed by atoms with Gasteiger partial charge in [-0.25, -0.2) is 0 Å². The molecule has 0 saturated carbocycles. The summed E-state index contributed by atoms with van der Waals surface area (Å²) < 4.78 is 4.93. The van der Waals surface area contributed by atoms with Crippen molar-refractivity contribution in [3.63, 3.8) is 0 Å². The van der Waals surface area contributed by atoms with Crippen LogP contribution in [0.15, 0.2) is 29.2 Å². The molecule has 0 aliphatic carbocycles. The zero-order valence-electron chi connectivity index (χ0n) is 8.92. The minimum absolute atomic E-state index is 0.225. The molecule has 17 heavy (non-hydrogen) atoms. The lowest BCUT2D eigenvalue weighted by atomic mass is 10.3. The van der Waals surface area contributed by atoms with E-state index in [0.717, 1.165) is 0 Å². The zero-order chi connectivity index (χ0) is 12.3. The number of rotatable bonds is 3. The molecular weight excluding hydrogens is 244 g/mol. The molecule has 1 unspecified atom stereocenters. The van der Waals surface area contributed by atoms with E-state index in [0.29, 0.717) is 11.4 Å². The van der Waals surface area contributed by atoms with Gasteiger partial charge < -0.3 is 4.52 Å². The van der Waals surface area contributed by atoms with Gasteiger partial charge >= 0.3 is 0 Å². The molecule has 0 saturated heterocycles. The molecule has 0 radical (unpaired) electrons. The van der Waals surface area contributed by atoms with Gasteiger partial charge in [0, 0.05) is 18.5 Å². The van der Waals surface area contributed by atoms with Crippen LogP contribution >= 0.6 is 11.6 Å². The van der Waals surface area contributed by atoms with Gasteiger partial charge in [0.1, 0.15) is 16.8 Å². The van der Waals surface area contributed by atoms with E-state index in [-0.39, 0.29) is 11.8 Å². The van der Waals surface area contributed by atoms with Crippen LogP contribution in [0.4, 0.5) is 5.88 Å². The van der Waals surface area contributed by atoms with Crippen LogP contribution in [0.5, 0.6) is 0 Å². The number of amides is 1. The number of alkyl halides is 1. The summed E-state index contributed by atoms with van der Waals surface area (Å²) in [5.74, 6) is -0.128. The quantitative estimate of drug-likeness (QED) is 0.841. The Hall–Kier alpha value is -1.95.